The van der Waals surface area contributed by atoms with E-state index in [1.165, 1.54) is 28.6 Å². The van der Waals surface area contributed by atoms with Crippen LogP contribution in [0.15, 0.2) is 42.5 Å². The van der Waals surface area contributed by atoms with Gasteiger partial charge >= 0.3 is 0 Å². The second kappa shape index (κ2) is 6.20. The molecule has 0 atom stereocenters. The zero-order valence-electron chi connectivity index (χ0n) is 12.8. The molecular formula is C17H18FNO3S. The minimum Gasteiger partial charge on any atom is -0.497 e. The smallest absolute Gasteiger partial charge is 0.239 e. The Labute approximate surface area is 135 Å². The van der Waals surface area contributed by atoms with Crippen LogP contribution in [0.3, 0.4) is 0 Å². The van der Waals surface area contributed by atoms with E-state index < -0.39 is 10.0 Å². The normalized spacial score (nSPS) is 14.4. The number of hydrogen-bond donors (Lipinski definition) is 0. The van der Waals surface area contributed by atoms with E-state index >= 15 is 0 Å². The van der Waals surface area contributed by atoms with E-state index in [0.717, 1.165) is 18.4 Å². The number of nitrogens with zero attached hydrogens (tertiary/aromatic N) is 1. The third-order valence-corrected chi connectivity index (χ3v) is 5.72. The highest BCUT2D eigenvalue weighted by Crippen LogP contribution is 2.33. The van der Waals surface area contributed by atoms with Crippen molar-refractivity contribution in [3.63, 3.8) is 0 Å². The first-order valence-corrected chi connectivity index (χ1v) is 9.02. The fraction of sp³-hybridized carbons (Fsp3) is 0.294. The Morgan fingerprint density at radius 2 is 1.91 bits per heavy atom. The summed E-state index contributed by atoms with van der Waals surface area (Å²) in [5.74, 6) is 0.107. The SMILES string of the molecule is COc1ccc2c(c1)N(S(=O)(=O)Cc1ccc(F)cc1)CCC2. The Kier molecular flexibility index (Phi) is 4.26. The van der Waals surface area contributed by atoms with E-state index in [4.69, 9.17) is 4.74 Å². The number of halogens is 1. The van der Waals surface area contributed by atoms with Crippen molar-refractivity contribution in [3.05, 3.63) is 59.4 Å². The lowest BCUT2D eigenvalue weighted by atomic mass is 10.0. The Bertz CT molecular complexity index is 803. The Hall–Kier alpha value is -2.08. The first-order valence-electron chi connectivity index (χ1n) is 7.41. The number of hydrogen-bond acceptors (Lipinski definition) is 3. The van der Waals surface area contributed by atoms with Crippen LogP contribution in [0.4, 0.5) is 10.1 Å². The second-order valence-electron chi connectivity index (χ2n) is 5.55. The van der Waals surface area contributed by atoms with Crippen LogP contribution in [0.2, 0.25) is 0 Å². The van der Waals surface area contributed by atoms with Gasteiger partial charge in [0.15, 0.2) is 0 Å². The van der Waals surface area contributed by atoms with E-state index in [1.54, 1.807) is 13.2 Å². The van der Waals surface area contributed by atoms with Gasteiger partial charge in [-0.25, -0.2) is 12.8 Å². The van der Waals surface area contributed by atoms with E-state index in [1.807, 2.05) is 12.1 Å². The average Bonchev–Trinajstić information content (AvgIpc) is 2.55. The topological polar surface area (TPSA) is 46.6 Å². The summed E-state index contributed by atoms with van der Waals surface area (Å²) in [7, 11) is -1.97. The minimum absolute atomic E-state index is 0.149. The largest absolute Gasteiger partial charge is 0.497 e. The molecule has 0 fully saturated rings. The first kappa shape index (κ1) is 15.8. The van der Waals surface area contributed by atoms with Gasteiger partial charge in [-0.05, 0) is 42.2 Å². The van der Waals surface area contributed by atoms with Crippen molar-refractivity contribution in [2.24, 2.45) is 0 Å². The molecule has 0 spiro atoms. The Morgan fingerprint density at radius 1 is 1.17 bits per heavy atom. The molecule has 0 saturated heterocycles. The van der Waals surface area contributed by atoms with Crippen molar-refractivity contribution in [1.82, 2.24) is 0 Å². The maximum atomic E-state index is 13.0. The average molecular weight is 335 g/mol. The van der Waals surface area contributed by atoms with Crippen LogP contribution in [0, 0.1) is 5.82 Å². The summed E-state index contributed by atoms with van der Waals surface area (Å²) in [6.45, 7) is 0.448. The molecule has 3 rings (SSSR count). The molecule has 0 aromatic heterocycles. The maximum absolute atomic E-state index is 13.0. The number of benzene rings is 2. The molecule has 1 aliphatic rings. The lowest BCUT2D eigenvalue weighted by Crippen LogP contribution is -2.36. The van der Waals surface area contributed by atoms with Gasteiger partial charge in [0.2, 0.25) is 10.0 Å². The lowest BCUT2D eigenvalue weighted by molar-refractivity contribution is 0.414. The number of sulfonamides is 1. The van der Waals surface area contributed by atoms with E-state index in [9.17, 15) is 12.8 Å². The molecule has 4 nitrogen and oxygen atoms in total. The molecule has 2 aromatic rings. The van der Waals surface area contributed by atoms with Crippen LogP contribution >= 0.6 is 0 Å². The third kappa shape index (κ3) is 3.32. The molecule has 0 bridgehead atoms. The molecule has 0 radical (unpaired) electrons. The third-order valence-electron chi connectivity index (χ3n) is 3.97. The number of aryl methyl sites for hydroxylation is 1. The Morgan fingerprint density at radius 3 is 2.61 bits per heavy atom. The predicted molar refractivity (Wildman–Crippen MR) is 87.7 cm³/mol. The predicted octanol–water partition coefficient (Wildman–Crippen LogP) is 3.12. The number of anilines is 1. The summed E-state index contributed by atoms with van der Waals surface area (Å²) in [6, 6.07) is 11.1. The van der Waals surface area contributed by atoms with Crippen LogP contribution in [-0.2, 0) is 22.2 Å². The molecule has 23 heavy (non-hydrogen) atoms. The number of rotatable bonds is 4. The van der Waals surface area contributed by atoms with Crippen LogP contribution < -0.4 is 9.04 Å². The quantitative estimate of drug-likeness (QED) is 0.862. The number of fused-ring (bicyclic) bond motifs is 1. The highest BCUT2D eigenvalue weighted by molar-refractivity contribution is 7.92. The standard InChI is InChI=1S/C17H18FNO3S/c1-22-16-9-6-14-3-2-10-19(17(14)11-16)23(20,21)12-13-4-7-15(18)8-5-13/h4-9,11H,2-3,10,12H2,1H3. The zero-order valence-corrected chi connectivity index (χ0v) is 13.6. The minimum atomic E-state index is -3.53. The van der Waals surface area contributed by atoms with Gasteiger partial charge in [-0.15, -0.1) is 0 Å². The van der Waals surface area contributed by atoms with Crippen molar-refractivity contribution in [2.45, 2.75) is 18.6 Å². The maximum Gasteiger partial charge on any atom is 0.239 e. The lowest BCUT2D eigenvalue weighted by Gasteiger charge is -2.30. The number of ether oxygens (including phenoxy) is 1. The van der Waals surface area contributed by atoms with Crippen LogP contribution in [0.5, 0.6) is 5.75 Å². The summed E-state index contributed by atoms with van der Waals surface area (Å²) in [4.78, 5) is 0. The fourth-order valence-corrected chi connectivity index (χ4v) is 4.45. The van der Waals surface area contributed by atoms with Crippen molar-refractivity contribution in [1.29, 1.82) is 0 Å². The van der Waals surface area contributed by atoms with Crippen molar-refractivity contribution in [3.8, 4) is 5.75 Å². The van der Waals surface area contributed by atoms with E-state index in [2.05, 4.69) is 0 Å². The molecule has 0 amide bonds. The van der Waals surface area contributed by atoms with Crippen molar-refractivity contribution >= 4 is 15.7 Å². The van der Waals surface area contributed by atoms with Gasteiger partial charge in [-0.3, -0.25) is 4.31 Å². The molecular weight excluding hydrogens is 317 g/mol. The molecule has 0 unspecified atom stereocenters. The molecule has 1 heterocycles. The highest BCUT2D eigenvalue weighted by Gasteiger charge is 2.28. The van der Waals surface area contributed by atoms with Crippen molar-refractivity contribution < 1.29 is 17.5 Å². The summed E-state index contributed by atoms with van der Waals surface area (Å²) in [5.41, 5.74) is 2.25. The zero-order chi connectivity index (χ0) is 16.4. The molecule has 1 aliphatic heterocycles. The van der Waals surface area contributed by atoms with Crippen LogP contribution in [0.1, 0.15) is 17.5 Å². The van der Waals surface area contributed by atoms with Crippen LogP contribution in [-0.4, -0.2) is 22.1 Å². The van der Waals surface area contributed by atoms with Gasteiger partial charge in [-0.1, -0.05) is 18.2 Å². The monoisotopic (exact) mass is 335 g/mol. The highest BCUT2D eigenvalue weighted by atomic mass is 32.2. The van der Waals surface area contributed by atoms with Gasteiger partial charge in [0.05, 0.1) is 18.6 Å². The van der Waals surface area contributed by atoms with Crippen LogP contribution in [0.25, 0.3) is 0 Å². The summed E-state index contributed by atoms with van der Waals surface area (Å²) >= 11 is 0. The molecule has 122 valence electrons. The molecule has 0 aliphatic carbocycles. The van der Waals surface area contributed by atoms with Crippen molar-refractivity contribution in [2.75, 3.05) is 18.0 Å². The second-order valence-corrected chi connectivity index (χ2v) is 7.45. The van der Waals surface area contributed by atoms with Gasteiger partial charge < -0.3 is 4.74 Å². The van der Waals surface area contributed by atoms with Gasteiger partial charge in [0.25, 0.3) is 0 Å². The Balaban J connectivity index is 1.93. The van der Waals surface area contributed by atoms with E-state index in [-0.39, 0.29) is 11.6 Å². The molecule has 2 aromatic carbocycles. The fourth-order valence-electron chi connectivity index (χ4n) is 2.81. The summed E-state index contributed by atoms with van der Waals surface area (Å²) in [6.07, 6.45) is 1.63. The molecule has 6 heteroatoms. The van der Waals surface area contributed by atoms with Gasteiger partial charge in [0, 0.05) is 12.6 Å². The summed E-state index contributed by atoms with van der Waals surface area (Å²) < 4.78 is 45.2. The summed E-state index contributed by atoms with van der Waals surface area (Å²) in [5, 5.41) is 0. The van der Waals surface area contributed by atoms with Gasteiger partial charge in [0.1, 0.15) is 11.6 Å². The molecule has 0 N–H and O–H groups in total. The number of methoxy groups -OCH3 is 1. The molecule has 0 saturated carbocycles. The van der Waals surface area contributed by atoms with Gasteiger partial charge in [-0.2, -0.15) is 0 Å². The first-order chi connectivity index (χ1) is 11.0. The van der Waals surface area contributed by atoms with E-state index in [0.29, 0.717) is 23.5 Å².